The predicted molar refractivity (Wildman–Crippen MR) is 68.6 cm³/mol. The maximum absolute atomic E-state index is 10.8. The van der Waals surface area contributed by atoms with Crippen LogP contribution in [-0.2, 0) is 11.2 Å². The summed E-state index contributed by atoms with van der Waals surface area (Å²) in [6.07, 6.45) is 2.28. The molecule has 1 heterocycles. The molecule has 5 nitrogen and oxygen atoms in total. The number of aliphatic carboxylic acids is 1. The number of hydrogen-bond donors (Lipinski definition) is 2. The molecular weight excluding hydrogens is 242 g/mol. The zero-order valence-electron chi connectivity index (χ0n) is 10.4. The Balaban J connectivity index is 2.11. The molecule has 1 unspecified atom stereocenters. The Hall–Kier alpha value is -2.61. The molecule has 0 saturated carbocycles. The van der Waals surface area contributed by atoms with Crippen LogP contribution in [0.5, 0.6) is 0 Å². The van der Waals surface area contributed by atoms with Gasteiger partial charge in [0.2, 0.25) is 0 Å². The summed E-state index contributed by atoms with van der Waals surface area (Å²) in [4.78, 5) is 17.9. The molecule has 1 aromatic heterocycles. The fraction of sp³-hybridized carbons (Fsp3) is 0.214. The van der Waals surface area contributed by atoms with Gasteiger partial charge in [0.15, 0.2) is 0 Å². The number of nitrogens with zero attached hydrogens (tertiary/aromatic N) is 2. The van der Waals surface area contributed by atoms with E-state index in [1.165, 1.54) is 0 Å². The number of aromatic nitrogens is 2. The van der Waals surface area contributed by atoms with Crippen LogP contribution in [0.1, 0.15) is 35.5 Å². The molecule has 1 aromatic carbocycles. The number of carboxylic acids is 1. The molecule has 0 fully saturated rings. The maximum Gasteiger partial charge on any atom is 0.313 e. The van der Waals surface area contributed by atoms with Crippen molar-refractivity contribution in [2.45, 2.75) is 19.3 Å². The lowest BCUT2D eigenvalue weighted by atomic mass is 10.1. The van der Waals surface area contributed by atoms with Gasteiger partial charge in [-0.3, -0.25) is 4.79 Å². The average molecular weight is 255 g/mol. The van der Waals surface area contributed by atoms with Gasteiger partial charge in [0, 0.05) is 18.3 Å². The highest BCUT2D eigenvalue weighted by molar-refractivity contribution is 5.74. The summed E-state index contributed by atoms with van der Waals surface area (Å²) in [5.41, 5.74) is 2.51. The Morgan fingerprint density at radius 2 is 2.16 bits per heavy atom. The molecule has 2 aromatic rings. The Morgan fingerprint density at radius 3 is 2.74 bits per heavy atom. The normalized spacial score (nSPS) is 11.8. The van der Waals surface area contributed by atoms with E-state index in [2.05, 4.69) is 16.0 Å². The second-order valence-corrected chi connectivity index (χ2v) is 4.34. The number of nitriles is 1. The molecule has 0 radical (unpaired) electrons. The minimum absolute atomic E-state index is 0.455. The molecule has 96 valence electrons. The van der Waals surface area contributed by atoms with E-state index >= 15 is 0 Å². The van der Waals surface area contributed by atoms with E-state index in [-0.39, 0.29) is 0 Å². The van der Waals surface area contributed by atoms with Crippen LogP contribution in [-0.4, -0.2) is 21.0 Å². The van der Waals surface area contributed by atoms with Gasteiger partial charge < -0.3 is 10.1 Å². The zero-order valence-corrected chi connectivity index (χ0v) is 10.4. The molecule has 2 N–H and O–H groups in total. The first-order valence-corrected chi connectivity index (χ1v) is 5.85. The predicted octanol–water partition coefficient (Wildman–Crippen LogP) is 2.06. The lowest BCUT2D eigenvalue weighted by Gasteiger charge is -2.01. The van der Waals surface area contributed by atoms with Gasteiger partial charge in [0.05, 0.1) is 11.6 Å². The number of hydrogen-bond acceptors (Lipinski definition) is 3. The molecule has 0 aliphatic heterocycles. The minimum Gasteiger partial charge on any atom is -0.481 e. The SMILES string of the molecule is CC(C(=O)O)c1ncc(Cc2ccc(C#N)cc2)[nH]1. The number of nitrogens with one attached hydrogen (secondary N) is 1. The van der Waals surface area contributed by atoms with Crippen molar-refractivity contribution in [1.82, 2.24) is 9.97 Å². The van der Waals surface area contributed by atoms with Gasteiger partial charge in [-0.25, -0.2) is 4.98 Å². The van der Waals surface area contributed by atoms with Crippen molar-refractivity contribution in [2.75, 3.05) is 0 Å². The van der Waals surface area contributed by atoms with Crippen molar-refractivity contribution in [1.29, 1.82) is 5.26 Å². The van der Waals surface area contributed by atoms with Gasteiger partial charge in [-0.1, -0.05) is 12.1 Å². The molecule has 0 amide bonds. The van der Waals surface area contributed by atoms with E-state index in [0.717, 1.165) is 11.3 Å². The second kappa shape index (κ2) is 5.36. The first kappa shape index (κ1) is 12.8. The number of carbonyl (C=O) groups is 1. The fourth-order valence-electron chi connectivity index (χ4n) is 1.72. The molecule has 1 atom stereocenters. The van der Waals surface area contributed by atoms with E-state index in [1.54, 1.807) is 25.3 Å². The maximum atomic E-state index is 10.8. The first-order valence-electron chi connectivity index (χ1n) is 5.85. The number of benzene rings is 1. The van der Waals surface area contributed by atoms with E-state index < -0.39 is 11.9 Å². The highest BCUT2D eigenvalue weighted by Crippen LogP contribution is 2.14. The lowest BCUT2D eigenvalue weighted by molar-refractivity contribution is -0.138. The monoisotopic (exact) mass is 255 g/mol. The highest BCUT2D eigenvalue weighted by Gasteiger charge is 2.16. The molecule has 0 aliphatic carbocycles. The minimum atomic E-state index is -0.903. The van der Waals surface area contributed by atoms with Gasteiger partial charge in [-0.15, -0.1) is 0 Å². The molecule has 0 spiro atoms. The van der Waals surface area contributed by atoms with Crippen molar-refractivity contribution < 1.29 is 9.90 Å². The van der Waals surface area contributed by atoms with Crippen LogP contribution in [0.2, 0.25) is 0 Å². The van der Waals surface area contributed by atoms with Gasteiger partial charge >= 0.3 is 5.97 Å². The summed E-state index contributed by atoms with van der Waals surface area (Å²) in [7, 11) is 0. The van der Waals surface area contributed by atoms with Crippen LogP contribution < -0.4 is 0 Å². The molecule has 2 rings (SSSR count). The van der Waals surface area contributed by atoms with E-state index in [1.807, 2.05) is 12.1 Å². The Kier molecular flexibility index (Phi) is 3.62. The zero-order chi connectivity index (χ0) is 13.8. The second-order valence-electron chi connectivity index (χ2n) is 4.34. The summed E-state index contributed by atoms with van der Waals surface area (Å²) in [5.74, 6) is -1.09. The third kappa shape index (κ3) is 2.99. The highest BCUT2D eigenvalue weighted by atomic mass is 16.4. The fourth-order valence-corrected chi connectivity index (χ4v) is 1.72. The third-order valence-corrected chi connectivity index (χ3v) is 2.91. The van der Waals surface area contributed by atoms with Crippen molar-refractivity contribution in [3.63, 3.8) is 0 Å². The van der Waals surface area contributed by atoms with Crippen molar-refractivity contribution in [3.8, 4) is 6.07 Å². The first-order chi connectivity index (χ1) is 9.10. The van der Waals surface area contributed by atoms with Crippen molar-refractivity contribution in [2.24, 2.45) is 0 Å². The number of carboxylic acid groups (broad SMARTS) is 1. The van der Waals surface area contributed by atoms with Crippen LogP contribution in [0, 0.1) is 11.3 Å². The summed E-state index contributed by atoms with van der Waals surface area (Å²) in [6.45, 7) is 1.59. The van der Waals surface area contributed by atoms with Crippen LogP contribution in [0.4, 0.5) is 0 Å². The Bertz CT molecular complexity index is 623. The van der Waals surface area contributed by atoms with Gasteiger partial charge in [0.1, 0.15) is 11.7 Å². The molecule has 5 heteroatoms. The number of imidazole rings is 1. The Morgan fingerprint density at radius 1 is 1.47 bits per heavy atom. The van der Waals surface area contributed by atoms with Gasteiger partial charge in [-0.05, 0) is 24.6 Å². The van der Waals surface area contributed by atoms with E-state index in [0.29, 0.717) is 17.8 Å². The topological polar surface area (TPSA) is 89.8 Å². The van der Waals surface area contributed by atoms with Gasteiger partial charge in [0.25, 0.3) is 0 Å². The van der Waals surface area contributed by atoms with Crippen molar-refractivity contribution in [3.05, 3.63) is 53.1 Å². The van der Waals surface area contributed by atoms with Crippen LogP contribution in [0.15, 0.2) is 30.5 Å². The number of H-pyrrole nitrogens is 1. The van der Waals surface area contributed by atoms with Crippen molar-refractivity contribution >= 4 is 5.97 Å². The van der Waals surface area contributed by atoms with E-state index in [9.17, 15) is 4.79 Å². The molecule has 0 aliphatic rings. The summed E-state index contributed by atoms with van der Waals surface area (Å²) < 4.78 is 0. The molecular formula is C14H13N3O2. The lowest BCUT2D eigenvalue weighted by Crippen LogP contribution is -2.09. The number of aromatic amines is 1. The van der Waals surface area contributed by atoms with Crippen LogP contribution in [0.3, 0.4) is 0 Å². The van der Waals surface area contributed by atoms with E-state index in [4.69, 9.17) is 10.4 Å². The summed E-state index contributed by atoms with van der Waals surface area (Å²) in [6, 6.07) is 9.33. The largest absolute Gasteiger partial charge is 0.481 e. The van der Waals surface area contributed by atoms with Crippen LogP contribution >= 0.6 is 0 Å². The standard InChI is InChI=1S/C14H13N3O2/c1-9(14(18)19)13-16-8-12(17-13)6-10-2-4-11(7-15)5-3-10/h2-5,8-9H,6H2,1H3,(H,16,17)(H,18,19). The molecule has 19 heavy (non-hydrogen) atoms. The summed E-state index contributed by atoms with van der Waals surface area (Å²) >= 11 is 0. The Labute approximate surface area is 110 Å². The van der Waals surface area contributed by atoms with Gasteiger partial charge in [-0.2, -0.15) is 5.26 Å². The molecule has 0 saturated heterocycles. The summed E-state index contributed by atoms with van der Waals surface area (Å²) in [5, 5.41) is 17.6. The average Bonchev–Trinajstić information content (AvgIpc) is 2.87. The smallest absolute Gasteiger partial charge is 0.313 e. The van der Waals surface area contributed by atoms with Crippen LogP contribution in [0.25, 0.3) is 0 Å². The number of rotatable bonds is 4. The molecule has 0 bridgehead atoms. The third-order valence-electron chi connectivity index (χ3n) is 2.91. The quantitative estimate of drug-likeness (QED) is 0.875.